The van der Waals surface area contributed by atoms with Gasteiger partial charge in [-0.25, -0.2) is 0 Å². The molecule has 1 N–H and O–H groups in total. The zero-order valence-electron chi connectivity index (χ0n) is 4.80. The highest BCUT2D eigenvalue weighted by Crippen LogP contribution is 2.20. The molecule has 0 aromatic carbocycles. The summed E-state index contributed by atoms with van der Waals surface area (Å²) < 4.78 is 0. The zero-order chi connectivity index (χ0) is 6.31. The smallest absolute Gasteiger partial charge is 0.279 e. The van der Waals surface area contributed by atoms with Gasteiger partial charge in [0.25, 0.3) is 5.91 Å². The van der Waals surface area contributed by atoms with Gasteiger partial charge in [-0.1, -0.05) is 0 Å². The summed E-state index contributed by atoms with van der Waals surface area (Å²) in [6.07, 6.45) is 0. The first-order chi connectivity index (χ1) is 3.64. The molecule has 0 spiro atoms. The summed E-state index contributed by atoms with van der Waals surface area (Å²) in [4.78, 5) is 10.4. The Labute approximate surface area is 47.2 Å². The van der Waals surface area contributed by atoms with Crippen LogP contribution in [0.1, 0.15) is 13.8 Å². The molecular formula is C5H7NO2. The van der Waals surface area contributed by atoms with E-state index in [-0.39, 0.29) is 5.91 Å². The van der Waals surface area contributed by atoms with Gasteiger partial charge in [0.2, 0.25) is 0 Å². The first kappa shape index (κ1) is 5.31. The van der Waals surface area contributed by atoms with Gasteiger partial charge in [0, 0.05) is 5.57 Å². The predicted octanol–water partition coefficient (Wildman–Crippen LogP) is 0.512. The Hall–Kier alpha value is -0.830. The van der Waals surface area contributed by atoms with Crippen molar-refractivity contribution in [3.63, 3.8) is 0 Å². The number of hydrogen-bond donors (Lipinski definition) is 1. The van der Waals surface area contributed by atoms with Crippen molar-refractivity contribution in [1.29, 1.82) is 0 Å². The summed E-state index contributed by atoms with van der Waals surface area (Å²) in [5.74, 6) is -0.289. The molecule has 0 aliphatic carbocycles. The van der Waals surface area contributed by atoms with Crippen LogP contribution in [0.2, 0.25) is 0 Å². The van der Waals surface area contributed by atoms with Crippen LogP contribution in [0.15, 0.2) is 11.3 Å². The molecule has 44 valence electrons. The second-order valence-corrected chi connectivity index (χ2v) is 1.83. The number of allylic oxidation sites excluding steroid dienone is 1. The Balaban J connectivity index is 2.90. The monoisotopic (exact) mass is 113 g/mol. The van der Waals surface area contributed by atoms with E-state index in [0.29, 0.717) is 16.3 Å². The molecule has 3 heteroatoms. The van der Waals surface area contributed by atoms with E-state index in [1.165, 1.54) is 0 Å². The maximum Gasteiger partial charge on any atom is 0.279 e. The molecule has 0 bridgehead atoms. The van der Waals surface area contributed by atoms with Gasteiger partial charge in [-0.15, -0.1) is 0 Å². The molecule has 1 aliphatic rings. The van der Waals surface area contributed by atoms with Crippen LogP contribution < -0.4 is 0 Å². The van der Waals surface area contributed by atoms with Crippen molar-refractivity contribution < 1.29 is 10.0 Å². The summed E-state index contributed by atoms with van der Waals surface area (Å²) in [7, 11) is 0. The largest absolute Gasteiger partial charge is 0.281 e. The van der Waals surface area contributed by atoms with Gasteiger partial charge in [0.1, 0.15) is 0 Å². The topological polar surface area (TPSA) is 40.5 Å². The van der Waals surface area contributed by atoms with Crippen LogP contribution in [0.5, 0.6) is 0 Å². The average Bonchev–Trinajstić information content (AvgIpc) is 1.83. The molecule has 1 aliphatic heterocycles. The highest BCUT2D eigenvalue weighted by atomic mass is 16.5. The molecule has 1 amide bonds. The minimum absolute atomic E-state index is 0.289. The lowest BCUT2D eigenvalue weighted by atomic mass is 10.1. The van der Waals surface area contributed by atoms with Crippen LogP contribution in [0.4, 0.5) is 0 Å². The van der Waals surface area contributed by atoms with Crippen molar-refractivity contribution in [1.82, 2.24) is 5.06 Å². The van der Waals surface area contributed by atoms with E-state index >= 15 is 0 Å². The fourth-order valence-electron chi connectivity index (χ4n) is 0.572. The number of rotatable bonds is 0. The first-order valence-corrected chi connectivity index (χ1v) is 2.35. The second-order valence-electron chi connectivity index (χ2n) is 1.83. The van der Waals surface area contributed by atoms with E-state index in [0.717, 1.165) is 0 Å². The Bertz CT molecular complexity index is 171. The Morgan fingerprint density at radius 2 is 2.00 bits per heavy atom. The summed E-state index contributed by atoms with van der Waals surface area (Å²) in [6, 6.07) is 0. The summed E-state index contributed by atoms with van der Waals surface area (Å²) >= 11 is 0. The van der Waals surface area contributed by atoms with Crippen molar-refractivity contribution in [2.75, 3.05) is 0 Å². The molecule has 8 heavy (non-hydrogen) atoms. The molecule has 0 radical (unpaired) electrons. The lowest BCUT2D eigenvalue weighted by Gasteiger charge is -2.26. The summed E-state index contributed by atoms with van der Waals surface area (Å²) in [5.41, 5.74) is 1.29. The average molecular weight is 113 g/mol. The lowest BCUT2D eigenvalue weighted by Crippen LogP contribution is -2.37. The molecule has 0 atom stereocenters. The molecule has 0 saturated carbocycles. The SMILES string of the molecule is CC1=C(C)N(O)C1=O. The van der Waals surface area contributed by atoms with Crippen LogP contribution in [-0.2, 0) is 4.79 Å². The van der Waals surface area contributed by atoms with Gasteiger partial charge in [0.05, 0.1) is 5.70 Å². The molecule has 3 nitrogen and oxygen atoms in total. The molecule has 0 aromatic rings. The van der Waals surface area contributed by atoms with E-state index < -0.39 is 0 Å². The van der Waals surface area contributed by atoms with Crippen molar-refractivity contribution in [3.05, 3.63) is 11.3 Å². The van der Waals surface area contributed by atoms with Crippen molar-refractivity contribution >= 4 is 5.91 Å². The standard InChI is InChI=1S/C5H7NO2/c1-3-4(2)6(8)5(3)7/h8H,1-2H3. The summed E-state index contributed by atoms with van der Waals surface area (Å²) in [6.45, 7) is 3.38. The molecular weight excluding hydrogens is 106 g/mol. The predicted molar refractivity (Wildman–Crippen MR) is 27.0 cm³/mol. The van der Waals surface area contributed by atoms with E-state index in [1.807, 2.05) is 0 Å². The van der Waals surface area contributed by atoms with Gasteiger partial charge in [0.15, 0.2) is 0 Å². The second kappa shape index (κ2) is 1.32. The van der Waals surface area contributed by atoms with Gasteiger partial charge >= 0.3 is 0 Å². The highest BCUT2D eigenvalue weighted by molar-refractivity contribution is 5.99. The fourth-order valence-corrected chi connectivity index (χ4v) is 0.572. The summed E-state index contributed by atoms with van der Waals surface area (Å²) in [5, 5.41) is 9.23. The van der Waals surface area contributed by atoms with Gasteiger partial charge in [-0.3, -0.25) is 10.0 Å². The number of nitrogens with zero attached hydrogens (tertiary/aromatic N) is 1. The molecule has 0 fully saturated rings. The number of hydrogen-bond acceptors (Lipinski definition) is 2. The molecule has 0 saturated heterocycles. The molecule has 0 aromatic heterocycles. The minimum Gasteiger partial charge on any atom is -0.281 e. The van der Waals surface area contributed by atoms with Crippen molar-refractivity contribution in [2.24, 2.45) is 0 Å². The first-order valence-electron chi connectivity index (χ1n) is 2.35. The molecule has 1 heterocycles. The van der Waals surface area contributed by atoms with Crippen molar-refractivity contribution in [2.45, 2.75) is 13.8 Å². The number of amides is 1. The van der Waals surface area contributed by atoms with Crippen LogP contribution in [0.3, 0.4) is 0 Å². The van der Waals surface area contributed by atoms with E-state index in [1.54, 1.807) is 13.8 Å². The molecule has 0 unspecified atom stereocenters. The fraction of sp³-hybridized carbons (Fsp3) is 0.400. The Kier molecular flexibility index (Phi) is 0.877. The third-order valence-corrected chi connectivity index (χ3v) is 1.37. The van der Waals surface area contributed by atoms with E-state index in [2.05, 4.69) is 0 Å². The minimum atomic E-state index is -0.289. The Morgan fingerprint density at radius 3 is 2.12 bits per heavy atom. The van der Waals surface area contributed by atoms with Gasteiger partial charge in [-0.05, 0) is 13.8 Å². The Morgan fingerprint density at radius 1 is 1.50 bits per heavy atom. The number of hydroxylamine groups is 2. The van der Waals surface area contributed by atoms with Crippen LogP contribution in [0.25, 0.3) is 0 Å². The number of carbonyl (C=O) groups excluding carboxylic acids is 1. The van der Waals surface area contributed by atoms with Crippen molar-refractivity contribution in [3.8, 4) is 0 Å². The van der Waals surface area contributed by atoms with Crippen LogP contribution >= 0.6 is 0 Å². The maximum absolute atomic E-state index is 10.4. The highest BCUT2D eigenvalue weighted by Gasteiger charge is 2.27. The van der Waals surface area contributed by atoms with Crippen LogP contribution in [-0.4, -0.2) is 16.2 Å². The zero-order valence-corrected chi connectivity index (χ0v) is 4.80. The van der Waals surface area contributed by atoms with Gasteiger partial charge in [-0.2, -0.15) is 5.06 Å². The third-order valence-electron chi connectivity index (χ3n) is 1.37. The quantitative estimate of drug-likeness (QED) is 0.465. The normalized spacial score (nSPS) is 19.4. The molecule has 1 rings (SSSR count). The van der Waals surface area contributed by atoms with E-state index in [4.69, 9.17) is 5.21 Å². The maximum atomic E-state index is 10.4. The number of carbonyl (C=O) groups is 1. The third kappa shape index (κ3) is 0.391. The lowest BCUT2D eigenvalue weighted by molar-refractivity contribution is -0.160. The van der Waals surface area contributed by atoms with Gasteiger partial charge < -0.3 is 0 Å². The van der Waals surface area contributed by atoms with Crippen LogP contribution in [0, 0.1) is 0 Å². The van der Waals surface area contributed by atoms with E-state index in [9.17, 15) is 4.79 Å².